The molecular formula is C32H38O10. The van der Waals surface area contributed by atoms with Crippen molar-refractivity contribution in [2.24, 2.45) is 0 Å². The standard InChI is InChI=1S/C32H38O10/c1-2-4-6-38-26-28-21-31-24-32(22-28)42-18-14-36-10-8-34-12-16-40-30-20-27(25-37-5-3-1)19-29(23-30)39-15-11-33-7-9-35-13-17-41-31/h19-24H,5-18,25-26H2. The maximum absolute atomic E-state index is 5.92. The minimum absolute atomic E-state index is 0.234. The lowest BCUT2D eigenvalue weighted by molar-refractivity contribution is 0.0259. The molecule has 226 valence electrons. The fraction of sp³-hybridized carbons (Fsp3) is 0.500. The van der Waals surface area contributed by atoms with Gasteiger partial charge in [0.05, 0.1) is 66.1 Å². The van der Waals surface area contributed by atoms with Crippen LogP contribution in [0.5, 0.6) is 23.0 Å². The number of ether oxygens (including phenoxy) is 10. The second-order valence-electron chi connectivity index (χ2n) is 9.06. The van der Waals surface area contributed by atoms with Gasteiger partial charge in [-0.25, -0.2) is 0 Å². The summed E-state index contributed by atoms with van der Waals surface area (Å²) >= 11 is 0. The number of benzene rings is 2. The van der Waals surface area contributed by atoms with Gasteiger partial charge < -0.3 is 47.4 Å². The van der Waals surface area contributed by atoms with E-state index in [9.17, 15) is 0 Å². The third-order valence-corrected chi connectivity index (χ3v) is 5.73. The van der Waals surface area contributed by atoms with E-state index in [-0.39, 0.29) is 13.2 Å². The average Bonchev–Trinajstić information content (AvgIpc) is 2.99. The number of hydrogen-bond donors (Lipinski definition) is 0. The molecule has 10 heteroatoms. The van der Waals surface area contributed by atoms with Crippen LogP contribution >= 0.6 is 0 Å². The fourth-order valence-electron chi connectivity index (χ4n) is 3.88. The Morgan fingerprint density at radius 1 is 0.357 bits per heavy atom. The Morgan fingerprint density at radius 3 is 1.00 bits per heavy atom. The van der Waals surface area contributed by atoms with Crippen LogP contribution in [0.25, 0.3) is 0 Å². The highest BCUT2D eigenvalue weighted by Gasteiger charge is 2.07. The first-order chi connectivity index (χ1) is 20.8. The maximum Gasteiger partial charge on any atom is 0.123 e. The highest BCUT2D eigenvalue weighted by Crippen LogP contribution is 2.25. The summed E-state index contributed by atoms with van der Waals surface area (Å²) in [5, 5.41) is 0. The lowest BCUT2D eigenvalue weighted by Gasteiger charge is -2.14. The third-order valence-electron chi connectivity index (χ3n) is 5.73. The van der Waals surface area contributed by atoms with Crippen LogP contribution in [0.4, 0.5) is 0 Å². The van der Waals surface area contributed by atoms with Crippen molar-refractivity contribution in [3.05, 3.63) is 47.5 Å². The minimum Gasteiger partial charge on any atom is -0.491 e. The monoisotopic (exact) mass is 582 g/mol. The van der Waals surface area contributed by atoms with Crippen LogP contribution < -0.4 is 18.9 Å². The molecule has 3 aliphatic rings. The molecule has 0 fully saturated rings. The summed E-state index contributed by atoms with van der Waals surface area (Å²) in [6, 6.07) is 11.3. The summed E-state index contributed by atoms with van der Waals surface area (Å²) in [7, 11) is 0. The van der Waals surface area contributed by atoms with Crippen molar-refractivity contribution in [1.82, 2.24) is 0 Å². The van der Waals surface area contributed by atoms with Crippen molar-refractivity contribution in [3.8, 4) is 46.7 Å². The molecule has 6 bridgehead atoms. The summed E-state index contributed by atoms with van der Waals surface area (Å²) in [6.45, 7) is 6.13. The number of fused-ring (bicyclic) bond motifs is 25. The van der Waals surface area contributed by atoms with Gasteiger partial charge >= 0.3 is 0 Å². The third kappa shape index (κ3) is 13.0. The van der Waals surface area contributed by atoms with Gasteiger partial charge in [-0.1, -0.05) is 11.8 Å². The molecule has 0 atom stereocenters. The highest BCUT2D eigenvalue weighted by molar-refractivity contribution is 5.39. The van der Waals surface area contributed by atoms with E-state index in [0.29, 0.717) is 115 Å². The molecule has 3 heterocycles. The van der Waals surface area contributed by atoms with Gasteiger partial charge in [-0.2, -0.15) is 0 Å². The summed E-state index contributed by atoms with van der Waals surface area (Å²) in [5.41, 5.74) is 1.79. The van der Waals surface area contributed by atoms with Gasteiger partial charge in [0.15, 0.2) is 0 Å². The van der Waals surface area contributed by atoms with Crippen molar-refractivity contribution >= 4 is 0 Å². The largest absolute Gasteiger partial charge is 0.491 e. The van der Waals surface area contributed by atoms with Gasteiger partial charge in [0.25, 0.3) is 0 Å². The maximum atomic E-state index is 5.92. The van der Waals surface area contributed by atoms with Gasteiger partial charge in [-0.3, -0.25) is 0 Å². The highest BCUT2D eigenvalue weighted by atomic mass is 16.6. The van der Waals surface area contributed by atoms with Crippen molar-refractivity contribution in [1.29, 1.82) is 0 Å². The van der Waals surface area contributed by atoms with Crippen LogP contribution in [-0.2, 0) is 41.6 Å². The van der Waals surface area contributed by atoms with Crippen molar-refractivity contribution in [2.45, 2.75) is 13.2 Å². The molecule has 10 nitrogen and oxygen atoms in total. The number of rotatable bonds is 0. The van der Waals surface area contributed by atoms with Crippen molar-refractivity contribution in [2.75, 3.05) is 92.5 Å². The molecule has 0 N–H and O–H groups in total. The van der Waals surface area contributed by atoms with E-state index < -0.39 is 0 Å². The summed E-state index contributed by atoms with van der Waals surface area (Å²) in [6.07, 6.45) is 0. The lowest BCUT2D eigenvalue weighted by Crippen LogP contribution is -2.14. The van der Waals surface area contributed by atoms with Gasteiger partial charge in [0.2, 0.25) is 0 Å². The first kappa shape index (κ1) is 31.5. The van der Waals surface area contributed by atoms with Gasteiger partial charge in [0.1, 0.15) is 62.6 Å². The van der Waals surface area contributed by atoms with E-state index in [1.165, 1.54) is 0 Å². The summed E-state index contributed by atoms with van der Waals surface area (Å²) in [4.78, 5) is 0. The summed E-state index contributed by atoms with van der Waals surface area (Å²) < 4.78 is 57.7. The SMILES string of the molecule is C1#CCOCc2cc3cc(c2)OCCOCCOCCOc2cc(cc(c2)OCCOCCOCCO3)COCC#C1. The molecule has 2 aromatic rings. The molecule has 3 aliphatic heterocycles. The smallest absolute Gasteiger partial charge is 0.123 e. The Balaban J connectivity index is 1.48. The Bertz CT molecular complexity index is 1040. The molecule has 0 unspecified atom stereocenters. The second kappa shape index (κ2) is 19.6. The van der Waals surface area contributed by atoms with Crippen LogP contribution in [0, 0.1) is 23.7 Å². The predicted octanol–water partition coefficient (Wildman–Crippen LogP) is 3.04. The van der Waals surface area contributed by atoms with Crippen LogP contribution in [0.1, 0.15) is 11.1 Å². The van der Waals surface area contributed by atoms with Crippen molar-refractivity contribution in [3.63, 3.8) is 0 Å². The molecule has 0 aromatic heterocycles. The Morgan fingerprint density at radius 2 is 0.667 bits per heavy atom. The molecule has 0 aliphatic carbocycles. The van der Waals surface area contributed by atoms with E-state index in [1.54, 1.807) is 0 Å². The second-order valence-corrected chi connectivity index (χ2v) is 9.06. The van der Waals surface area contributed by atoms with E-state index in [2.05, 4.69) is 23.7 Å². The minimum atomic E-state index is 0.234. The van der Waals surface area contributed by atoms with Crippen LogP contribution in [0.15, 0.2) is 36.4 Å². The zero-order valence-electron chi connectivity index (χ0n) is 23.9. The first-order valence-electron chi connectivity index (χ1n) is 14.1. The normalized spacial score (nSPS) is 18.6. The molecular weight excluding hydrogens is 544 g/mol. The van der Waals surface area contributed by atoms with E-state index in [4.69, 9.17) is 47.4 Å². The van der Waals surface area contributed by atoms with Gasteiger partial charge in [0, 0.05) is 12.1 Å². The predicted molar refractivity (Wildman–Crippen MR) is 153 cm³/mol. The molecule has 0 amide bonds. The topological polar surface area (TPSA) is 92.3 Å². The first-order valence-corrected chi connectivity index (χ1v) is 14.1. The molecule has 0 spiro atoms. The molecule has 5 rings (SSSR count). The molecule has 0 radical (unpaired) electrons. The zero-order valence-corrected chi connectivity index (χ0v) is 23.9. The number of hydrogen-bond acceptors (Lipinski definition) is 10. The molecule has 42 heavy (non-hydrogen) atoms. The Labute approximate surface area is 247 Å². The molecule has 0 saturated heterocycles. The zero-order chi connectivity index (χ0) is 28.9. The van der Waals surface area contributed by atoms with Crippen LogP contribution in [0.2, 0.25) is 0 Å². The van der Waals surface area contributed by atoms with E-state index >= 15 is 0 Å². The van der Waals surface area contributed by atoms with Crippen molar-refractivity contribution < 1.29 is 47.4 Å². The van der Waals surface area contributed by atoms with E-state index in [1.807, 2.05) is 36.4 Å². The molecule has 2 aromatic carbocycles. The van der Waals surface area contributed by atoms with Crippen LogP contribution in [-0.4, -0.2) is 92.5 Å². The van der Waals surface area contributed by atoms with Crippen LogP contribution in [0.3, 0.4) is 0 Å². The van der Waals surface area contributed by atoms with Gasteiger partial charge in [-0.15, -0.1) is 0 Å². The summed E-state index contributed by atoms with van der Waals surface area (Å²) in [5.74, 6) is 14.0. The lowest BCUT2D eigenvalue weighted by atomic mass is 10.2. The average molecular weight is 583 g/mol. The van der Waals surface area contributed by atoms with Gasteiger partial charge in [-0.05, 0) is 47.2 Å². The fourth-order valence-corrected chi connectivity index (χ4v) is 3.88. The molecule has 0 saturated carbocycles. The Hall–Kier alpha value is -3.48. The van der Waals surface area contributed by atoms with E-state index in [0.717, 1.165) is 11.1 Å². The quantitative estimate of drug-likeness (QED) is 0.341. The Kier molecular flexibility index (Phi) is 14.7.